The Morgan fingerprint density at radius 1 is 1.06 bits per heavy atom. The maximum atomic E-state index is 12.8. The number of nitrogens with one attached hydrogen (secondary N) is 1. The molecule has 172 valence electrons. The number of H-pyrrole nitrogens is 1. The largest absolute Gasteiger partial charge is 0.449 e. The zero-order valence-corrected chi connectivity index (χ0v) is 19.2. The van der Waals surface area contributed by atoms with E-state index in [1.54, 1.807) is 0 Å². The van der Waals surface area contributed by atoms with E-state index in [1.165, 1.54) is 27.7 Å². The third-order valence-electron chi connectivity index (χ3n) is 7.91. The molecule has 0 unspecified atom stereocenters. The fraction of sp³-hybridized carbons (Fsp3) is 0.444. The number of rotatable bonds is 3. The van der Waals surface area contributed by atoms with Crippen LogP contribution < -0.4 is 4.90 Å². The Kier molecular flexibility index (Phi) is 5.25. The van der Waals surface area contributed by atoms with Gasteiger partial charge < -0.3 is 24.4 Å². The number of amides is 1. The molecule has 3 heterocycles. The monoisotopic (exact) mass is 444 g/mol. The maximum Gasteiger partial charge on any atom is 0.409 e. The first-order valence-corrected chi connectivity index (χ1v) is 12.2. The number of nitrogens with zero attached hydrogens (tertiary/aromatic N) is 3. The number of piperazine rings is 1. The standard InChI is InChI=1S/C27H32N4O2/c1-29-17-19(14-23-22-8-5-9-24-26(22)20(16-28-24)15-25(23)29)18-33-27(32)31-12-10-30(11-13-31)21-6-3-2-4-7-21/h2-9,16,19,23,25,28H,10-15,17-18H2,1H3/t19-,23-,25-/m1/s1. The maximum absolute atomic E-state index is 12.8. The molecule has 3 atom stereocenters. The van der Waals surface area contributed by atoms with Crippen LogP contribution in [0.1, 0.15) is 23.5 Å². The van der Waals surface area contributed by atoms with Gasteiger partial charge in [-0.05, 0) is 49.2 Å². The van der Waals surface area contributed by atoms with Gasteiger partial charge in [0.2, 0.25) is 0 Å². The summed E-state index contributed by atoms with van der Waals surface area (Å²) in [5, 5.41) is 1.42. The molecule has 1 amide bonds. The van der Waals surface area contributed by atoms with Crippen LogP contribution in [-0.4, -0.2) is 73.3 Å². The molecule has 1 aliphatic carbocycles. The minimum atomic E-state index is -0.161. The number of ether oxygens (including phenoxy) is 1. The molecule has 3 aromatic rings. The topological polar surface area (TPSA) is 51.8 Å². The van der Waals surface area contributed by atoms with Gasteiger partial charge in [0.05, 0.1) is 6.61 Å². The van der Waals surface area contributed by atoms with Crippen LogP contribution in [0.25, 0.3) is 10.9 Å². The Morgan fingerprint density at radius 2 is 1.88 bits per heavy atom. The average Bonchev–Trinajstić information content (AvgIpc) is 3.28. The molecule has 2 fully saturated rings. The molecule has 3 aliphatic rings. The van der Waals surface area contributed by atoms with Crippen LogP contribution in [0.15, 0.2) is 54.7 Å². The highest BCUT2D eigenvalue weighted by Crippen LogP contribution is 2.44. The number of aromatic amines is 1. The molecule has 0 spiro atoms. The molecule has 33 heavy (non-hydrogen) atoms. The lowest BCUT2D eigenvalue weighted by Gasteiger charge is -2.45. The van der Waals surface area contributed by atoms with E-state index in [0.717, 1.165) is 32.5 Å². The van der Waals surface area contributed by atoms with Gasteiger partial charge in [0, 0.05) is 73.4 Å². The van der Waals surface area contributed by atoms with Gasteiger partial charge in [-0.25, -0.2) is 4.79 Å². The summed E-state index contributed by atoms with van der Waals surface area (Å²) in [5.74, 6) is 0.857. The fourth-order valence-electron chi connectivity index (χ4n) is 6.24. The van der Waals surface area contributed by atoms with E-state index < -0.39 is 0 Å². The molecular formula is C27H32N4O2. The molecule has 6 nitrogen and oxygen atoms in total. The van der Waals surface area contributed by atoms with Crippen LogP contribution in [-0.2, 0) is 11.2 Å². The number of likely N-dealkylation sites (N-methyl/N-ethyl adjacent to an activating group) is 1. The summed E-state index contributed by atoms with van der Waals surface area (Å²) in [6.45, 7) is 4.59. The molecule has 2 aromatic carbocycles. The van der Waals surface area contributed by atoms with Crippen molar-refractivity contribution in [2.75, 3.05) is 51.3 Å². The number of hydrogen-bond acceptors (Lipinski definition) is 4. The van der Waals surface area contributed by atoms with E-state index in [2.05, 4.69) is 70.5 Å². The Morgan fingerprint density at radius 3 is 2.70 bits per heavy atom. The second-order valence-corrected chi connectivity index (χ2v) is 9.89. The second-order valence-electron chi connectivity index (χ2n) is 9.89. The summed E-state index contributed by atoms with van der Waals surface area (Å²) >= 11 is 0. The Labute approximate surface area is 195 Å². The summed E-state index contributed by atoms with van der Waals surface area (Å²) in [6.07, 6.45) is 4.19. The average molecular weight is 445 g/mol. The van der Waals surface area contributed by atoms with Crippen molar-refractivity contribution < 1.29 is 9.53 Å². The predicted octanol–water partition coefficient (Wildman–Crippen LogP) is 4.09. The van der Waals surface area contributed by atoms with Crippen LogP contribution in [0.4, 0.5) is 10.5 Å². The number of fused-ring (bicyclic) bond motifs is 2. The van der Waals surface area contributed by atoms with Crippen LogP contribution in [0, 0.1) is 5.92 Å². The Bertz CT molecular complexity index is 1140. The number of piperidine rings is 1. The van der Waals surface area contributed by atoms with Gasteiger partial charge in [-0.2, -0.15) is 0 Å². The molecular weight excluding hydrogens is 412 g/mol. The minimum Gasteiger partial charge on any atom is -0.449 e. The molecule has 0 saturated carbocycles. The van der Waals surface area contributed by atoms with Gasteiger partial charge in [-0.15, -0.1) is 0 Å². The van der Waals surface area contributed by atoms with Gasteiger partial charge in [-0.1, -0.05) is 30.3 Å². The first-order chi connectivity index (χ1) is 16.2. The first-order valence-electron chi connectivity index (χ1n) is 12.2. The first kappa shape index (κ1) is 20.6. The third kappa shape index (κ3) is 3.76. The smallest absolute Gasteiger partial charge is 0.409 e. The number of para-hydroxylation sites is 1. The molecule has 0 bridgehead atoms. The fourth-order valence-corrected chi connectivity index (χ4v) is 6.24. The second kappa shape index (κ2) is 8.41. The van der Waals surface area contributed by atoms with Crippen LogP contribution in [0.3, 0.4) is 0 Å². The van der Waals surface area contributed by atoms with E-state index in [9.17, 15) is 4.79 Å². The number of carbonyl (C=O) groups excluding carboxylic acids is 1. The van der Waals surface area contributed by atoms with E-state index in [-0.39, 0.29) is 6.09 Å². The number of hydrogen-bond donors (Lipinski definition) is 1. The summed E-state index contributed by atoms with van der Waals surface area (Å²) in [6, 6.07) is 17.6. The summed E-state index contributed by atoms with van der Waals surface area (Å²) in [5.41, 5.74) is 5.36. The molecule has 6 heteroatoms. The molecule has 2 saturated heterocycles. The van der Waals surface area contributed by atoms with E-state index in [0.29, 0.717) is 37.6 Å². The lowest BCUT2D eigenvalue weighted by molar-refractivity contribution is 0.0462. The van der Waals surface area contributed by atoms with Crippen molar-refractivity contribution in [3.05, 3.63) is 65.9 Å². The number of aromatic nitrogens is 1. The SMILES string of the molecule is CN1C[C@H](COC(=O)N2CCN(c3ccccc3)CC2)C[C@@H]2c3cccc4[nH]cc(c34)C[C@H]21. The molecule has 0 radical (unpaired) electrons. The summed E-state index contributed by atoms with van der Waals surface area (Å²) in [7, 11) is 2.23. The van der Waals surface area contributed by atoms with Crippen molar-refractivity contribution in [1.29, 1.82) is 0 Å². The minimum absolute atomic E-state index is 0.161. The van der Waals surface area contributed by atoms with E-state index in [1.807, 2.05) is 11.0 Å². The van der Waals surface area contributed by atoms with Crippen LogP contribution in [0.5, 0.6) is 0 Å². The molecule has 6 rings (SSSR count). The van der Waals surface area contributed by atoms with Crippen LogP contribution >= 0.6 is 0 Å². The predicted molar refractivity (Wildman–Crippen MR) is 131 cm³/mol. The van der Waals surface area contributed by atoms with Gasteiger partial charge >= 0.3 is 6.09 Å². The van der Waals surface area contributed by atoms with Gasteiger partial charge in [0.25, 0.3) is 0 Å². The molecule has 1 aromatic heterocycles. The highest BCUT2D eigenvalue weighted by Gasteiger charge is 2.39. The molecule has 1 N–H and O–H groups in total. The highest BCUT2D eigenvalue weighted by atomic mass is 16.6. The van der Waals surface area contributed by atoms with Crippen molar-refractivity contribution in [2.45, 2.75) is 24.8 Å². The van der Waals surface area contributed by atoms with Crippen molar-refractivity contribution in [2.24, 2.45) is 5.92 Å². The van der Waals surface area contributed by atoms with Crippen molar-refractivity contribution in [1.82, 2.24) is 14.8 Å². The quantitative estimate of drug-likeness (QED) is 0.661. The summed E-state index contributed by atoms with van der Waals surface area (Å²) in [4.78, 5) is 22.9. The molecule has 2 aliphatic heterocycles. The number of carbonyl (C=O) groups is 1. The van der Waals surface area contributed by atoms with Gasteiger partial charge in [0.15, 0.2) is 0 Å². The highest BCUT2D eigenvalue weighted by molar-refractivity contribution is 5.88. The Balaban J connectivity index is 1.07. The zero-order valence-electron chi connectivity index (χ0n) is 19.2. The number of likely N-dealkylation sites (tertiary alicyclic amines) is 1. The number of anilines is 1. The van der Waals surface area contributed by atoms with Gasteiger partial charge in [-0.3, -0.25) is 0 Å². The van der Waals surface area contributed by atoms with E-state index in [4.69, 9.17) is 4.74 Å². The van der Waals surface area contributed by atoms with Crippen molar-refractivity contribution in [3.63, 3.8) is 0 Å². The van der Waals surface area contributed by atoms with Gasteiger partial charge in [0.1, 0.15) is 0 Å². The normalized spacial score (nSPS) is 25.2. The zero-order chi connectivity index (χ0) is 22.4. The summed E-state index contributed by atoms with van der Waals surface area (Å²) < 4.78 is 5.85. The van der Waals surface area contributed by atoms with Crippen molar-refractivity contribution >= 4 is 22.7 Å². The lowest BCUT2D eigenvalue weighted by atomic mass is 9.72. The van der Waals surface area contributed by atoms with E-state index >= 15 is 0 Å². The Hall–Kier alpha value is -2.99. The van der Waals surface area contributed by atoms with Crippen molar-refractivity contribution in [3.8, 4) is 0 Å². The number of benzene rings is 2. The van der Waals surface area contributed by atoms with Crippen LogP contribution in [0.2, 0.25) is 0 Å². The lowest BCUT2D eigenvalue weighted by Crippen LogP contribution is -2.50. The third-order valence-corrected chi connectivity index (χ3v) is 7.91.